The Morgan fingerprint density at radius 2 is 2.31 bits per heavy atom. The third-order valence-electron chi connectivity index (χ3n) is 2.28. The number of fused-ring (bicyclic) bond motifs is 1. The molecule has 16 heavy (non-hydrogen) atoms. The van der Waals surface area contributed by atoms with Crippen LogP contribution in [0, 0.1) is 0 Å². The highest BCUT2D eigenvalue weighted by Crippen LogP contribution is 2.18. The van der Waals surface area contributed by atoms with E-state index >= 15 is 0 Å². The molecule has 0 radical (unpaired) electrons. The van der Waals surface area contributed by atoms with Crippen LogP contribution in [-0.4, -0.2) is 30.2 Å². The lowest BCUT2D eigenvalue weighted by Gasteiger charge is -1.99. The average Bonchev–Trinajstić information content (AvgIpc) is 2.70. The number of carbonyl (C=O) groups is 1. The summed E-state index contributed by atoms with van der Waals surface area (Å²) in [4.78, 5) is 18.8. The van der Waals surface area contributed by atoms with Gasteiger partial charge in [0.15, 0.2) is 0 Å². The standard InChI is InChI=1S/C11H12N2O3/c1-15-6-7-5-9-10(13-7)8(3-4-12-9)11(14)16-2/h3-5,13H,6H2,1-2H3. The van der Waals surface area contributed by atoms with Crippen molar-refractivity contribution in [3.8, 4) is 0 Å². The van der Waals surface area contributed by atoms with Crippen LogP contribution >= 0.6 is 0 Å². The van der Waals surface area contributed by atoms with Gasteiger partial charge in [-0.25, -0.2) is 4.79 Å². The zero-order valence-corrected chi connectivity index (χ0v) is 9.11. The van der Waals surface area contributed by atoms with Gasteiger partial charge in [0, 0.05) is 19.0 Å². The number of aromatic nitrogens is 2. The van der Waals surface area contributed by atoms with Crippen molar-refractivity contribution >= 4 is 17.0 Å². The molecule has 2 aromatic heterocycles. The quantitative estimate of drug-likeness (QED) is 0.796. The molecule has 0 aliphatic heterocycles. The molecule has 5 nitrogen and oxygen atoms in total. The highest BCUT2D eigenvalue weighted by Gasteiger charge is 2.12. The maximum Gasteiger partial charge on any atom is 0.340 e. The topological polar surface area (TPSA) is 64.2 Å². The van der Waals surface area contributed by atoms with Gasteiger partial charge in [0.05, 0.1) is 30.3 Å². The number of esters is 1. The molecule has 0 saturated heterocycles. The van der Waals surface area contributed by atoms with E-state index in [-0.39, 0.29) is 5.97 Å². The van der Waals surface area contributed by atoms with Gasteiger partial charge >= 0.3 is 5.97 Å². The first-order valence-corrected chi connectivity index (χ1v) is 4.80. The SMILES string of the molecule is COCc1cc2nccc(C(=O)OC)c2[nH]1. The molecule has 0 aromatic carbocycles. The molecule has 2 rings (SSSR count). The summed E-state index contributed by atoms with van der Waals surface area (Å²) in [5, 5.41) is 0. The molecular weight excluding hydrogens is 208 g/mol. The summed E-state index contributed by atoms with van der Waals surface area (Å²) in [5.41, 5.74) is 2.77. The number of ether oxygens (including phenoxy) is 2. The number of hydrogen-bond acceptors (Lipinski definition) is 4. The van der Waals surface area contributed by atoms with Crippen molar-refractivity contribution < 1.29 is 14.3 Å². The molecule has 2 aromatic rings. The van der Waals surface area contributed by atoms with Gasteiger partial charge in [0.1, 0.15) is 0 Å². The first kappa shape index (κ1) is 10.6. The van der Waals surface area contributed by atoms with Crippen molar-refractivity contribution in [2.45, 2.75) is 6.61 Å². The molecule has 0 spiro atoms. The maximum absolute atomic E-state index is 11.5. The molecular formula is C11H12N2O3. The number of H-pyrrole nitrogens is 1. The van der Waals surface area contributed by atoms with Crippen molar-refractivity contribution in [1.82, 2.24) is 9.97 Å². The van der Waals surface area contributed by atoms with Gasteiger partial charge in [-0.2, -0.15) is 0 Å². The predicted octanol–water partition coefficient (Wildman–Crippen LogP) is 1.50. The van der Waals surface area contributed by atoms with Crippen LogP contribution in [0.3, 0.4) is 0 Å². The Morgan fingerprint density at radius 3 is 3.00 bits per heavy atom. The second-order valence-electron chi connectivity index (χ2n) is 3.34. The first-order valence-electron chi connectivity index (χ1n) is 4.80. The predicted molar refractivity (Wildman–Crippen MR) is 58.1 cm³/mol. The minimum Gasteiger partial charge on any atom is -0.465 e. The number of nitrogens with zero attached hydrogens (tertiary/aromatic N) is 1. The van der Waals surface area contributed by atoms with E-state index in [0.717, 1.165) is 11.2 Å². The Labute approximate surface area is 92.4 Å². The van der Waals surface area contributed by atoms with Crippen LogP contribution in [0.5, 0.6) is 0 Å². The van der Waals surface area contributed by atoms with Gasteiger partial charge in [0.25, 0.3) is 0 Å². The number of aromatic amines is 1. The summed E-state index contributed by atoms with van der Waals surface area (Å²) in [7, 11) is 2.97. The lowest BCUT2D eigenvalue weighted by Crippen LogP contribution is -2.02. The first-order chi connectivity index (χ1) is 7.76. The Hall–Kier alpha value is -1.88. The summed E-state index contributed by atoms with van der Waals surface area (Å²) in [5.74, 6) is -0.377. The second kappa shape index (κ2) is 4.32. The molecule has 0 aliphatic rings. The van der Waals surface area contributed by atoms with Crippen molar-refractivity contribution in [3.63, 3.8) is 0 Å². The van der Waals surface area contributed by atoms with E-state index in [9.17, 15) is 4.79 Å². The molecule has 84 valence electrons. The Bertz CT molecular complexity index is 519. The van der Waals surface area contributed by atoms with E-state index < -0.39 is 0 Å². The largest absolute Gasteiger partial charge is 0.465 e. The molecule has 0 aliphatic carbocycles. The molecule has 0 atom stereocenters. The third kappa shape index (κ3) is 1.77. The van der Waals surface area contributed by atoms with Crippen molar-refractivity contribution in [3.05, 3.63) is 29.6 Å². The fourth-order valence-corrected chi connectivity index (χ4v) is 1.59. The van der Waals surface area contributed by atoms with Crippen molar-refractivity contribution in [1.29, 1.82) is 0 Å². The van der Waals surface area contributed by atoms with Crippen molar-refractivity contribution in [2.24, 2.45) is 0 Å². The lowest BCUT2D eigenvalue weighted by atomic mass is 10.2. The van der Waals surface area contributed by atoms with Gasteiger partial charge in [-0.3, -0.25) is 4.98 Å². The monoisotopic (exact) mass is 220 g/mol. The van der Waals surface area contributed by atoms with Crippen LogP contribution in [0.4, 0.5) is 0 Å². The number of hydrogen-bond donors (Lipinski definition) is 1. The van der Waals surface area contributed by atoms with Crippen LogP contribution in [0.1, 0.15) is 16.1 Å². The van der Waals surface area contributed by atoms with Gasteiger partial charge in [-0.05, 0) is 12.1 Å². The number of pyridine rings is 1. The van der Waals surface area contributed by atoms with Crippen LogP contribution in [0.25, 0.3) is 11.0 Å². The third-order valence-corrected chi connectivity index (χ3v) is 2.28. The number of nitrogens with one attached hydrogen (secondary N) is 1. The van der Waals surface area contributed by atoms with Crippen LogP contribution < -0.4 is 0 Å². The molecule has 0 fully saturated rings. The Balaban J connectivity index is 2.54. The fraction of sp³-hybridized carbons (Fsp3) is 0.273. The summed E-state index contributed by atoms with van der Waals surface area (Å²) in [6.07, 6.45) is 1.58. The summed E-state index contributed by atoms with van der Waals surface area (Å²) in [6.45, 7) is 0.455. The number of carbonyl (C=O) groups excluding carboxylic acids is 1. The van der Waals surface area contributed by atoms with E-state index in [1.807, 2.05) is 6.07 Å². The molecule has 2 heterocycles. The normalized spacial score (nSPS) is 10.6. The molecule has 0 unspecified atom stereocenters. The summed E-state index contributed by atoms with van der Waals surface area (Å²) in [6, 6.07) is 3.48. The minimum absolute atomic E-state index is 0.377. The van der Waals surface area contributed by atoms with E-state index in [4.69, 9.17) is 9.47 Å². The van der Waals surface area contributed by atoms with Crippen LogP contribution in [-0.2, 0) is 16.1 Å². The zero-order valence-electron chi connectivity index (χ0n) is 9.11. The second-order valence-corrected chi connectivity index (χ2v) is 3.34. The molecule has 0 amide bonds. The zero-order chi connectivity index (χ0) is 11.5. The van der Waals surface area contributed by atoms with E-state index in [1.165, 1.54) is 7.11 Å². The van der Waals surface area contributed by atoms with E-state index in [0.29, 0.717) is 17.7 Å². The van der Waals surface area contributed by atoms with Crippen LogP contribution in [0.15, 0.2) is 18.3 Å². The van der Waals surface area contributed by atoms with Gasteiger partial charge < -0.3 is 14.5 Å². The average molecular weight is 220 g/mol. The van der Waals surface area contributed by atoms with E-state index in [1.54, 1.807) is 19.4 Å². The molecule has 5 heteroatoms. The summed E-state index contributed by atoms with van der Waals surface area (Å²) < 4.78 is 9.70. The van der Waals surface area contributed by atoms with Crippen LogP contribution in [0.2, 0.25) is 0 Å². The smallest absolute Gasteiger partial charge is 0.340 e. The van der Waals surface area contributed by atoms with Gasteiger partial charge in [0.2, 0.25) is 0 Å². The minimum atomic E-state index is -0.377. The maximum atomic E-state index is 11.5. The molecule has 1 N–H and O–H groups in total. The number of rotatable bonds is 3. The van der Waals surface area contributed by atoms with Crippen molar-refractivity contribution in [2.75, 3.05) is 14.2 Å². The Kier molecular flexibility index (Phi) is 2.87. The highest BCUT2D eigenvalue weighted by atomic mass is 16.5. The molecule has 0 saturated carbocycles. The lowest BCUT2D eigenvalue weighted by molar-refractivity contribution is 0.0602. The Morgan fingerprint density at radius 1 is 1.50 bits per heavy atom. The molecule has 0 bridgehead atoms. The fourth-order valence-electron chi connectivity index (χ4n) is 1.59. The summed E-state index contributed by atoms with van der Waals surface area (Å²) >= 11 is 0. The van der Waals surface area contributed by atoms with Gasteiger partial charge in [-0.15, -0.1) is 0 Å². The van der Waals surface area contributed by atoms with Gasteiger partial charge in [-0.1, -0.05) is 0 Å². The number of methoxy groups -OCH3 is 2. The highest BCUT2D eigenvalue weighted by molar-refractivity contribution is 6.01. The van der Waals surface area contributed by atoms with E-state index in [2.05, 4.69) is 9.97 Å².